The van der Waals surface area contributed by atoms with E-state index in [-0.39, 0.29) is 0 Å². The molecule has 0 saturated heterocycles. The van der Waals surface area contributed by atoms with Gasteiger partial charge in [-0.15, -0.1) is 0 Å². The van der Waals surface area contributed by atoms with Crippen molar-refractivity contribution >= 4 is 0 Å². The van der Waals surface area contributed by atoms with Crippen LogP contribution in [0.1, 0.15) is 56.2 Å². The molecule has 1 fully saturated rings. The van der Waals surface area contributed by atoms with Crippen LogP contribution < -0.4 is 10.6 Å². The molecule has 2 nitrogen and oxygen atoms in total. The highest BCUT2D eigenvalue weighted by molar-refractivity contribution is 5.32. The summed E-state index contributed by atoms with van der Waals surface area (Å²) in [5.41, 5.74) is 3.63. The number of benzene rings is 1. The number of fused-ring (bicyclic) bond motifs is 1. The van der Waals surface area contributed by atoms with Gasteiger partial charge in [0, 0.05) is 19.1 Å². The van der Waals surface area contributed by atoms with E-state index < -0.39 is 0 Å². The first-order valence-corrected chi connectivity index (χ1v) is 8.35. The van der Waals surface area contributed by atoms with Crippen LogP contribution in [0.15, 0.2) is 24.3 Å². The fourth-order valence-electron chi connectivity index (χ4n) is 4.04. The first kappa shape index (κ1) is 14.1. The van der Waals surface area contributed by atoms with E-state index in [1.54, 1.807) is 0 Å². The fourth-order valence-corrected chi connectivity index (χ4v) is 4.04. The average molecular weight is 272 g/mol. The maximum atomic E-state index is 3.77. The van der Waals surface area contributed by atoms with Gasteiger partial charge in [0.05, 0.1) is 0 Å². The standard InChI is InChI=1S/C18H28N2/c1-2-18(10-5-6-11-18)14-19-13-17-16-8-4-3-7-15(16)9-12-20-17/h3-4,7-8,17,19-20H,2,5-6,9-14H2,1H3. The van der Waals surface area contributed by atoms with E-state index in [4.69, 9.17) is 0 Å². The maximum Gasteiger partial charge on any atom is 0.0449 e. The van der Waals surface area contributed by atoms with Crippen LogP contribution in [0.5, 0.6) is 0 Å². The number of hydrogen-bond donors (Lipinski definition) is 2. The van der Waals surface area contributed by atoms with Crippen molar-refractivity contribution < 1.29 is 0 Å². The molecule has 110 valence electrons. The number of nitrogens with one attached hydrogen (secondary N) is 2. The Labute approximate surface area is 123 Å². The second kappa shape index (κ2) is 6.28. The van der Waals surface area contributed by atoms with Gasteiger partial charge in [0.2, 0.25) is 0 Å². The van der Waals surface area contributed by atoms with Crippen LogP contribution in [0.4, 0.5) is 0 Å². The van der Waals surface area contributed by atoms with Crippen molar-refractivity contribution in [3.63, 3.8) is 0 Å². The van der Waals surface area contributed by atoms with Crippen molar-refractivity contribution in [2.75, 3.05) is 19.6 Å². The Morgan fingerprint density at radius 1 is 1.25 bits per heavy atom. The third-order valence-corrected chi connectivity index (χ3v) is 5.48. The third kappa shape index (κ3) is 2.91. The molecule has 2 N–H and O–H groups in total. The molecule has 1 unspecified atom stereocenters. The zero-order chi connectivity index (χ0) is 13.8. The van der Waals surface area contributed by atoms with Gasteiger partial charge in [0.15, 0.2) is 0 Å². The highest BCUT2D eigenvalue weighted by Crippen LogP contribution is 2.40. The van der Waals surface area contributed by atoms with Gasteiger partial charge >= 0.3 is 0 Å². The van der Waals surface area contributed by atoms with Gasteiger partial charge in [-0.1, -0.05) is 44.0 Å². The van der Waals surface area contributed by atoms with Crippen LogP contribution in [0.2, 0.25) is 0 Å². The zero-order valence-corrected chi connectivity index (χ0v) is 12.8. The molecule has 1 aliphatic carbocycles. The first-order valence-electron chi connectivity index (χ1n) is 8.35. The molecule has 0 bridgehead atoms. The van der Waals surface area contributed by atoms with Crippen LogP contribution >= 0.6 is 0 Å². The molecule has 1 saturated carbocycles. The van der Waals surface area contributed by atoms with Crippen molar-refractivity contribution in [1.82, 2.24) is 10.6 Å². The fraction of sp³-hybridized carbons (Fsp3) is 0.667. The normalized spacial score (nSPS) is 24.6. The van der Waals surface area contributed by atoms with Crippen molar-refractivity contribution in [2.45, 2.75) is 51.5 Å². The quantitative estimate of drug-likeness (QED) is 0.858. The minimum absolute atomic E-state index is 0.496. The third-order valence-electron chi connectivity index (χ3n) is 5.48. The van der Waals surface area contributed by atoms with Crippen LogP contribution in [0, 0.1) is 5.41 Å². The zero-order valence-electron chi connectivity index (χ0n) is 12.8. The first-order chi connectivity index (χ1) is 9.83. The minimum Gasteiger partial charge on any atom is -0.314 e. The van der Waals surface area contributed by atoms with Crippen LogP contribution in [-0.2, 0) is 6.42 Å². The smallest absolute Gasteiger partial charge is 0.0449 e. The van der Waals surface area contributed by atoms with E-state index >= 15 is 0 Å². The van der Waals surface area contributed by atoms with Crippen LogP contribution in [0.3, 0.4) is 0 Å². The van der Waals surface area contributed by atoms with E-state index in [2.05, 4.69) is 41.8 Å². The predicted molar refractivity (Wildman–Crippen MR) is 85.0 cm³/mol. The lowest BCUT2D eigenvalue weighted by atomic mass is 9.83. The van der Waals surface area contributed by atoms with Crippen molar-refractivity contribution in [3.05, 3.63) is 35.4 Å². The molecule has 0 spiro atoms. The van der Waals surface area contributed by atoms with E-state index in [1.807, 2.05) is 0 Å². The molecule has 2 heteroatoms. The Kier molecular flexibility index (Phi) is 4.42. The summed E-state index contributed by atoms with van der Waals surface area (Å²) in [4.78, 5) is 0. The van der Waals surface area contributed by atoms with Gasteiger partial charge in [0.1, 0.15) is 0 Å². The van der Waals surface area contributed by atoms with E-state index in [0.29, 0.717) is 11.5 Å². The topological polar surface area (TPSA) is 24.1 Å². The molecule has 1 aromatic rings. The largest absolute Gasteiger partial charge is 0.314 e. The van der Waals surface area contributed by atoms with Crippen LogP contribution in [-0.4, -0.2) is 19.6 Å². The lowest BCUT2D eigenvalue weighted by molar-refractivity contribution is 0.263. The highest BCUT2D eigenvalue weighted by atomic mass is 15.0. The Bertz CT molecular complexity index is 435. The van der Waals surface area contributed by atoms with Crippen molar-refractivity contribution in [3.8, 4) is 0 Å². The molecule has 0 amide bonds. The lowest BCUT2D eigenvalue weighted by Crippen LogP contribution is -2.40. The number of hydrogen-bond acceptors (Lipinski definition) is 2. The molecule has 0 radical (unpaired) electrons. The summed E-state index contributed by atoms with van der Waals surface area (Å²) >= 11 is 0. The molecule has 1 heterocycles. The highest BCUT2D eigenvalue weighted by Gasteiger charge is 2.31. The Morgan fingerprint density at radius 2 is 2.05 bits per heavy atom. The molecule has 1 atom stereocenters. The Balaban J connectivity index is 1.57. The van der Waals surface area contributed by atoms with E-state index in [1.165, 1.54) is 56.2 Å². The van der Waals surface area contributed by atoms with E-state index in [0.717, 1.165) is 13.1 Å². The number of rotatable bonds is 5. The lowest BCUT2D eigenvalue weighted by Gasteiger charge is -2.31. The van der Waals surface area contributed by atoms with Gasteiger partial charge < -0.3 is 10.6 Å². The van der Waals surface area contributed by atoms with Crippen LogP contribution in [0.25, 0.3) is 0 Å². The van der Waals surface area contributed by atoms with Gasteiger partial charge in [-0.2, -0.15) is 0 Å². The second-order valence-electron chi connectivity index (χ2n) is 6.65. The minimum atomic E-state index is 0.496. The van der Waals surface area contributed by atoms with Gasteiger partial charge in [-0.3, -0.25) is 0 Å². The summed E-state index contributed by atoms with van der Waals surface area (Å²) in [7, 11) is 0. The Hall–Kier alpha value is -0.860. The average Bonchev–Trinajstić information content (AvgIpc) is 2.97. The molecule has 20 heavy (non-hydrogen) atoms. The summed E-state index contributed by atoms with van der Waals surface area (Å²) in [5.74, 6) is 0. The SMILES string of the molecule is CCC1(CNCC2NCCc3ccccc32)CCCC1. The summed E-state index contributed by atoms with van der Waals surface area (Å²) in [6.45, 7) is 5.74. The molecule has 1 aromatic carbocycles. The second-order valence-corrected chi connectivity index (χ2v) is 6.65. The molecular formula is C18H28N2. The van der Waals surface area contributed by atoms with Gasteiger partial charge in [-0.25, -0.2) is 0 Å². The molecule has 1 aliphatic heterocycles. The van der Waals surface area contributed by atoms with Gasteiger partial charge in [-0.05, 0) is 48.8 Å². The van der Waals surface area contributed by atoms with Crippen molar-refractivity contribution in [1.29, 1.82) is 0 Å². The molecular weight excluding hydrogens is 244 g/mol. The summed E-state index contributed by atoms with van der Waals surface area (Å²) in [6, 6.07) is 9.41. The summed E-state index contributed by atoms with van der Waals surface area (Å²) in [5, 5.41) is 7.44. The van der Waals surface area contributed by atoms with Crippen molar-refractivity contribution in [2.24, 2.45) is 5.41 Å². The Morgan fingerprint density at radius 3 is 2.85 bits per heavy atom. The van der Waals surface area contributed by atoms with Gasteiger partial charge in [0.25, 0.3) is 0 Å². The maximum absolute atomic E-state index is 3.77. The molecule has 3 rings (SSSR count). The summed E-state index contributed by atoms with van der Waals surface area (Å²) in [6.07, 6.45) is 8.21. The summed E-state index contributed by atoms with van der Waals surface area (Å²) < 4.78 is 0. The van der Waals surface area contributed by atoms with E-state index in [9.17, 15) is 0 Å². The molecule has 0 aromatic heterocycles. The monoisotopic (exact) mass is 272 g/mol. The predicted octanol–water partition coefficient (Wildman–Crippen LogP) is 3.43. The molecule has 2 aliphatic rings.